The van der Waals surface area contributed by atoms with E-state index in [0.717, 1.165) is 44.2 Å². The van der Waals surface area contributed by atoms with E-state index in [-0.39, 0.29) is 6.03 Å². The van der Waals surface area contributed by atoms with Gasteiger partial charge in [0.15, 0.2) is 0 Å². The van der Waals surface area contributed by atoms with Gasteiger partial charge in [-0.15, -0.1) is 0 Å². The van der Waals surface area contributed by atoms with Crippen LogP contribution in [-0.2, 0) is 0 Å². The first-order chi connectivity index (χ1) is 13.1. The Bertz CT molecular complexity index is 740. The van der Waals surface area contributed by atoms with Crippen molar-refractivity contribution in [3.05, 3.63) is 54.1 Å². The molecule has 2 N–H and O–H groups in total. The third kappa shape index (κ3) is 5.62. The molecule has 1 saturated heterocycles. The number of piperazine rings is 1. The van der Waals surface area contributed by atoms with E-state index in [1.54, 1.807) is 7.11 Å². The summed E-state index contributed by atoms with van der Waals surface area (Å²) in [6.45, 7) is 7.67. The zero-order valence-electron chi connectivity index (χ0n) is 16.1. The highest BCUT2D eigenvalue weighted by molar-refractivity contribution is 5.89. The molecule has 0 aromatic heterocycles. The lowest BCUT2D eigenvalue weighted by molar-refractivity contribution is 0.240. The quantitative estimate of drug-likeness (QED) is 0.823. The smallest absolute Gasteiger partial charge is 0.319 e. The molecule has 6 heteroatoms. The summed E-state index contributed by atoms with van der Waals surface area (Å²) in [7, 11) is 1.62. The van der Waals surface area contributed by atoms with Crippen molar-refractivity contribution in [3.8, 4) is 5.75 Å². The van der Waals surface area contributed by atoms with E-state index in [1.807, 2.05) is 24.3 Å². The van der Waals surface area contributed by atoms with Gasteiger partial charge in [-0.1, -0.05) is 12.1 Å². The van der Waals surface area contributed by atoms with Crippen LogP contribution in [0.25, 0.3) is 0 Å². The Morgan fingerprint density at radius 3 is 2.48 bits per heavy atom. The summed E-state index contributed by atoms with van der Waals surface area (Å²) < 4.78 is 5.11. The highest BCUT2D eigenvalue weighted by Gasteiger charge is 2.17. The molecule has 27 heavy (non-hydrogen) atoms. The van der Waals surface area contributed by atoms with Gasteiger partial charge in [0.05, 0.1) is 7.11 Å². The summed E-state index contributed by atoms with van der Waals surface area (Å²) in [5, 5.41) is 5.75. The van der Waals surface area contributed by atoms with Gasteiger partial charge in [0.25, 0.3) is 0 Å². The van der Waals surface area contributed by atoms with Crippen molar-refractivity contribution in [3.63, 3.8) is 0 Å². The number of benzene rings is 2. The third-order valence-corrected chi connectivity index (χ3v) is 4.80. The number of urea groups is 1. The first-order valence-electron chi connectivity index (χ1n) is 9.37. The summed E-state index contributed by atoms with van der Waals surface area (Å²) in [5.74, 6) is 0.769. The summed E-state index contributed by atoms with van der Waals surface area (Å²) >= 11 is 0. The number of anilines is 2. The van der Waals surface area contributed by atoms with Gasteiger partial charge in [-0.3, -0.25) is 4.90 Å². The fourth-order valence-electron chi connectivity index (χ4n) is 3.23. The Balaban J connectivity index is 1.35. The lowest BCUT2D eigenvalue weighted by Crippen LogP contribution is -2.48. The normalized spacial score (nSPS) is 14.7. The van der Waals surface area contributed by atoms with E-state index < -0.39 is 0 Å². The van der Waals surface area contributed by atoms with Gasteiger partial charge in [0.2, 0.25) is 0 Å². The molecule has 144 valence electrons. The average Bonchev–Trinajstić information content (AvgIpc) is 2.69. The van der Waals surface area contributed by atoms with Crippen molar-refractivity contribution >= 4 is 17.4 Å². The van der Waals surface area contributed by atoms with Crippen LogP contribution in [-0.4, -0.2) is 57.3 Å². The first-order valence-corrected chi connectivity index (χ1v) is 9.37. The van der Waals surface area contributed by atoms with E-state index in [4.69, 9.17) is 4.74 Å². The molecular weight excluding hydrogens is 340 g/mol. The molecule has 6 nitrogen and oxygen atoms in total. The number of ether oxygens (including phenoxy) is 1. The summed E-state index contributed by atoms with van der Waals surface area (Å²) in [6, 6.07) is 15.8. The van der Waals surface area contributed by atoms with Crippen LogP contribution in [0.3, 0.4) is 0 Å². The zero-order chi connectivity index (χ0) is 19.1. The van der Waals surface area contributed by atoms with Crippen molar-refractivity contribution in [2.45, 2.75) is 6.92 Å². The van der Waals surface area contributed by atoms with Gasteiger partial charge in [-0.2, -0.15) is 0 Å². The van der Waals surface area contributed by atoms with E-state index in [0.29, 0.717) is 6.54 Å². The number of rotatable bonds is 6. The van der Waals surface area contributed by atoms with Gasteiger partial charge in [-0.05, 0) is 48.9 Å². The van der Waals surface area contributed by atoms with Gasteiger partial charge >= 0.3 is 6.03 Å². The van der Waals surface area contributed by atoms with Gasteiger partial charge < -0.3 is 20.3 Å². The maximum Gasteiger partial charge on any atom is 0.319 e. The molecule has 2 amide bonds. The molecule has 1 aliphatic rings. The summed E-state index contributed by atoms with van der Waals surface area (Å²) in [4.78, 5) is 16.8. The Kier molecular flexibility index (Phi) is 6.54. The van der Waals surface area contributed by atoms with Crippen LogP contribution in [0, 0.1) is 6.92 Å². The Morgan fingerprint density at radius 2 is 1.81 bits per heavy atom. The molecule has 3 rings (SSSR count). The molecular formula is C21H28N4O2. The molecule has 0 unspecified atom stereocenters. The van der Waals surface area contributed by atoms with Crippen LogP contribution < -0.4 is 20.3 Å². The maximum atomic E-state index is 12.0. The minimum Gasteiger partial charge on any atom is -0.497 e. The van der Waals surface area contributed by atoms with Crippen LogP contribution in [0.2, 0.25) is 0 Å². The zero-order valence-corrected chi connectivity index (χ0v) is 16.1. The number of carbonyl (C=O) groups is 1. The predicted molar refractivity (Wildman–Crippen MR) is 110 cm³/mol. The Morgan fingerprint density at radius 1 is 1.07 bits per heavy atom. The molecule has 2 aromatic rings. The number of amides is 2. The maximum absolute atomic E-state index is 12.0. The summed E-state index contributed by atoms with van der Waals surface area (Å²) in [5.41, 5.74) is 3.34. The fraction of sp³-hybridized carbons (Fsp3) is 0.381. The van der Waals surface area contributed by atoms with Gasteiger partial charge in [-0.25, -0.2) is 4.79 Å². The second-order valence-corrected chi connectivity index (χ2v) is 6.78. The Hall–Kier alpha value is -2.73. The number of nitrogens with zero attached hydrogens (tertiary/aromatic N) is 2. The van der Waals surface area contributed by atoms with E-state index in [9.17, 15) is 4.79 Å². The van der Waals surface area contributed by atoms with Crippen molar-refractivity contribution in [1.29, 1.82) is 0 Å². The van der Waals surface area contributed by atoms with Crippen LogP contribution in [0.5, 0.6) is 5.75 Å². The number of hydrogen-bond donors (Lipinski definition) is 2. The molecule has 0 bridgehead atoms. The topological polar surface area (TPSA) is 56.8 Å². The van der Waals surface area contributed by atoms with Crippen LogP contribution in [0.1, 0.15) is 5.56 Å². The number of hydrogen-bond acceptors (Lipinski definition) is 4. The lowest BCUT2D eigenvalue weighted by atomic mass is 10.2. The van der Waals surface area contributed by atoms with Crippen LogP contribution in [0.15, 0.2) is 48.5 Å². The SMILES string of the molecule is COc1ccc(NC(=O)NCCN2CCN(c3cccc(C)c3)CC2)cc1. The molecule has 2 aromatic carbocycles. The number of carbonyl (C=O) groups excluding carboxylic acids is 1. The molecule has 1 aliphatic heterocycles. The van der Waals surface area contributed by atoms with Crippen LogP contribution >= 0.6 is 0 Å². The molecule has 1 fully saturated rings. The largest absolute Gasteiger partial charge is 0.497 e. The minimum atomic E-state index is -0.182. The minimum absolute atomic E-state index is 0.182. The number of methoxy groups -OCH3 is 1. The lowest BCUT2D eigenvalue weighted by Gasteiger charge is -2.36. The fourth-order valence-corrected chi connectivity index (χ4v) is 3.23. The van der Waals surface area contributed by atoms with Crippen molar-refractivity contribution in [1.82, 2.24) is 10.2 Å². The highest BCUT2D eigenvalue weighted by Crippen LogP contribution is 2.17. The standard InChI is InChI=1S/C21H28N4O2/c1-17-4-3-5-19(16-17)25-14-12-24(13-15-25)11-10-22-21(26)23-18-6-8-20(27-2)9-7-18/h3-9,16H,10-15H2,1-2H3,(H2,22,23,26). The van der Waals surface area contributed by atoms with Crippen LogP contribution in [0.4, 0.5) is 16.2 Å². The van der Waals surface area contributed by atoms with E-state index in [1.165, 1.54) is 11.3 Å². The van der Waals surface area contributed by atoms with Gasteiger partial charge in [0.1, 0.15) is 5.75 Å². The van der Waals surface area contributed by atoms with Crippen molar-refractivity contribution in [2.24, 2.45) is 0 Å². The third-order valence-electron chi connectivity index (χ3n) is 4.80. The summed E-state index contributed by atoms with van der Waals surface area (Å²) in [6.07, 6.45) is 0. The molecule has 1 heterocycles. The monoisotopic (exact) mass is 368 g/mol. The Labute approximate surface area is 161 Å². The molecule has 0 radical (unpaired) electrons. The molecule has 0 aliphatic carbocycles. The number of aryl methyl sites for hydroxylation is 1. The van der Waals surface area contributed by atoms with E-state index >= 15 is 0 Å². The van der Waals surface area contributed by atoms with Crippen molar-refractivity contribution in [2.75, 3.05) is 56.6 Å². The second-order valence-electron chi connectivity index (χ2n) is 6.78. The van der Waals surface area contributed by atoms with E-state index in [2.05, 4.69) is 51.6 Å². The first kappa shape index (κ1) is 19.0. The average molecular weight is 368 g/mol. The number of nitrogens with one attached hydrogen (secondary N) is 2. The predicted octanol–water partition coefficient (Wildman–Crippen LogP) is 2.95. The molecule has 0 spiro atoms. The van der Waals surface area contributed by atoms with Crippen molar-refractivity contribution < 1.29 is 9.53 Å². The highest BCUT2D eigenvalue weighted by atomic mass is 16.5. The second kappa shape index (κ2) is 9.28. The van der Waals surface area contributed by atoms with Gasteiger partial charge in [0, 0.05) is 50.6 Å². The molecule has 0 saturated carbocycles. The molecule has 0 atom stereocenters.